The molecule has 126 valence electrons. The average Bonchev–Trinajstić information content (AvgIpc) is 2.57. The first-order valence-corrected chi connectivity index (χ1v) is 8.39. The van der Waals surface area contributed by atoms with Gasteiger partial charge in [0, 0.05) is 10.2 Å². The first kappa shape index (κ1) is 18.1. The minimum Gasteiger partial charge on any atom is -0.468 e. The fourth-order valence-electron chi connectivity index (χ4n) is 2.61. The van der Waals surface area contributed by atoms with E-state index >= 15 is 0 Å². The molecule has 23 heavy (non-hydrogen) atoms. The van der Waals surface area contributed by atoms with Crippen molar-refractivity contribution in [2.45, 2.75) is 31.9 Å². The SMILES string of the molecule is COC(=O)C(/C(C)=N/C(C)C1COCCO1)c1ccccc1Br. The molecule has 1 aliphatic rings. The molecule has 3 unspecified atom stereocenters. The van der Waals surface area contributed by atoms with Crippen LogP contribution in [0.2, 0.25) is 0 Å². The van der Waals surface area contributed by atoms with Crippen molar-refractivity contribution in [3.63, 3.8) is 0 Å². The van der Waals surface area contributed by atoms with E-state index < -0.39 is 5.92 Å². The third-order valence-corrected chi connectivity index (χ3v) is 4.58. The Balaban J connectivity index is 2.26. The molecule has 6 heteroatoms. The van der Waals surface area contributed by atoms with Crippen molar-refractivity contribution in [1.29, 1.82) is 0 Å². The molecule has 0 saturated carbocycles. The van der Waals surface area contributed by atoms with Gasteiger partial charge in [-0.05, 0) is 25.5 Å². The van der Waals surface area contributed by atoms with Crippen LogP contribution in [0.5, 0.6) is 0 Å². The fourth-order valence-corrected chi connectivity index (χ4v) is 3.13. The van der Waals surface area contributed by atoms with E-state index in [9.17, 15) is 4.79 Å². The summed E-state index contributed by atoms with van der Waals surface area (Å²) < 4.78 is 16.9. The van der Waals surface area contributed by atoms with Gasteiger partial charge in [-0.1, -0.05) is 34.1 Å². The van der Waals surface area contributed by atoms with Gasteiger partial charge in [0.25, 0.3) is 0 Å². The molecular formula is C17H22BrNO4. The monoisotopic (exact) mass is 383 g/mol. The normalized spacial score (nSPS) is 21.6. The molecule has 1 aromatic rings. The predicted octanol–water partition coefficient (Wildman–Crippen LogP) is 2.97. The molecule has 0 N–H and O–H groups in total. The zero-order valence-corrected chi connectivity index (χ0v) is 15.2. The van der Waals surface area contributed by atoms with Crippen LogP contribution in [0.4, 0.5) is 0 Å². The highest BCUT2D eigenvalue weighted by atomic mass is 79.9. The predicted molar refractivity (Wildman–Crippen MR) is 92.0 cm³/mol. The van der Waals surface area contributed by atoms with Crippen molar-refractivity contribution >= 4 is 27.6 Å². The van der Waals surface area contributed by atoms with Crippen LogP contribution in [0.1, 0.15) is 25.3 Å². The van der Waals surface area contributed by atoms with E-state index in [0.29, 0.717) is 25.5 Å². The zero-order chi connectivity index (χ0) is 16.8. The van der Waals surface area contributed by atoms with Crippen LogP contribution in [-0.2, 0) is 19.0 Å². The lowest BCUT2D eigenvalue weighted by Crippen LogP contribution is -2.37. The summed E-state index contributed by atoms with van der Waals surface area (Å²) in [5, 5.41) is 0. The maximum absolute atomic E-state index is 12.3. The Hall–Kier alpha value is -1.24. The number of methoxy groups -OCH3 is 1. The molecule has 0 spiro atoms. The highest BCUT2D eigenvalue weighted by Gasteiger charge is 2.28. The van der Waals surface area contributed by atoms with Gasteiger partial charge >= 0.3 is 5.97 Å². The summed E-state index contributed by atoms with van der Waals surface area (Å²) >= 11 is 3.50. The summed E-state index contributed by atoms with van der Waals surface area (Å²) in [6.45, 7) is 5.54. The van der Waals surface area contributed by atoms with Crippen LogP contribution in [0.25, 0.3) is 0 Å². The molecule has 0 amide bonds. The van der Waals surface area contributed by atoms with Crippen molar-refractivity contribution in [3.8, 4) is 0 Å². The van der Waals surface area contributed by atoms with Crippen molar-refractivity contribution < 1.29 is 19.0 Å². The highest BCUT2D eigenvalue weighted by Crippen LogP contribution is 2.28. The van der Waals surface area contributed by atoms with E-state index in [1.165, 1.54) is 7.11 Å². The topological polar surface area (TPSA) is 57.1 Å². The number of ether oxygens (including phenoxy) is 3. The van der Waals surface area contributed by atoms with E-state index in [0.717, 1.165) is 10.0 Å². The first-order chi connectivity index (χ1) is 11.0. The molecule has 1 aromatic carbocycles. The molecule has 1 heterocycles. The molecule has 1 aliphatic heterocycles. The summed E-state index contributed by atoms with van der Waals surface area (Å²) in [6.07, 6.45) is -0.0868. The summed E-state index contributed by atoms with van der Waals surface area (Å²) in [4.78, 5) is 17.0. The van der Waals surface area contributed by atoms with E-state index in [4.69, 9.17) is 14.2 Å². The lowest BCUT2D eigenvalue weighted by molar-refractivity contribution is -0.140. The van der Waals surface area contributed by atoms with Crippen molar-refractivity contribution in [2.75, 3.05) is 26.9 Å². The lowest BCUT2D eigenvalue weighted by Gasteiger charge is -2.27. The van der Waals surface area contributed by atoms with Crippen molar-refractivity contribution in [2.24, 2.45) is 4.99 Å². The summed E-state index contributed by atoms with van der Waals surface area (Å²) in [6, 6.07) is 7.51. The standard InChI is InChI=1S/C17H22BrNO4/c1-11(15-10-22-8-9-23-15)19-12(2)16(17(20)21-3)13-6-4-5-7-14(13)18/h4-7,11,15-16H,8-10H2,1-3H3/b19-12+. The van der Waals surface area contributed by atoms with Gasteiger partial charge in [0.1, 0.15) is 12.0 Å². The van der Waals surface area contributed by atoms with Crippen LogP contribution in [0.15, 0.2) is 33.7 Å². The number of benzene rings is 1. The largest absolute Gasteiger partial charge is 0.468 e. The quantitative estimate of drug-likeness (QED) is 0.579. The van der Waals surface area contributed by atoms with E-state index in [1.807, 2.05) is 38.1 Å². The Morgan fingerprint density at radius 3 is 2.74 bits per heavy atom. The van der Waals surface area contributed by atoms with Crippen LogP contribution in [-0.4, -0.2) is 50.8 Å². The van der Waals surface area contributed by atoms with Gasteiger partial charge < -0.3 is 14.2 Å². The van der Waals surface area contributed by atoms with Crippen molar-refractivity contribution in [3.05, 3.63) is 34.3 Å². The highest BCUT2D eigenvalue weighted by molar-refractivity contribution is 9.10. The lowest BCUT2D eigenvalue weighted by atomic mass is 9.94. The second-order valence-electron chi connectivity index (χ2n) is 5.47. The zero-order valence-electron chi connectivity index (χ0n) is 13.6. The van der Waals surface area contributed by atoms with Gasteiger partial charge in [-0.25, -0.2) is 0 Å². The Morgan fingerprint density at radius 2 is 2.13 bits per heavy atom. The minimum atomic E-state index is -0.539. The third kappa shape index (κ3) is 4.62. The Bertz CT molecular complexity index is 569. The number of aliphatic imine (C=N–C) groups is 1. The average molecular weight is 384 g/mol. The second-order valence-corrected chi connectivity index (χ2v) is 6.33. The molecule has 3 atom stereocenters. The van der Waals surface area contributed by atoms with E-state index in [2.05, 4.69) is 20.9 Å². The van der Waals surface area contributed by atoms with Crippen LogP contribution >= 0.6 is 15.9 Å². The van der Waals surface area contributed by atoms with Gasteiger partial charge in [0.15, 0.2) is 0 Å². The van der Waals surface area contributed by atoms with Gasteiger partial charge in [-0.15, -0.1) is 0 Å². The molecule has 0 aliphatic carbocycles. The molecule has 0 bridgehead atoms. The van der Waals surface area contributed by atoms with Gasteiger partial charge in [0.05, 0.1) is 33.0 Å². The van der Waals surface area contributed by atoms with Crippen LogP contribution in [0.3, 0.4) is 0 Å². The molecule has 1 saturated heterocycles. The summed E-state index contributed by atoms with van der Waals surface area (Å²) in [5.74, 6) is -0.867. The third-order valence-electron chi connectivity index (χ3n) is 3.86. The number of carbonyl (C=O) groups is 1. The number of carbonyl (C=O) groups excluding carboxylic acids is 1. The number of rotatable bonds is 5. The second kappa shape index (κ2) is 8.57. The fraction of sp³-hybridized carbons (Fsp3) is 0.529. The molecule has 1 fully saturated rings. The number of esters is 1. The number of halogens is 1. The number of nitrogens with zero attached hydrogens (tertiary/aromatic N) is 1. The Labute approximate surface area is 145 Å². The molecular weight excluding hydrogens is 362 g/mol. The number of hydrogen-bond donors (Lipinski definition) is 0. The Morgan fingerprint density at radius 1 is 1.39 bits per heavy atom. The first-order valence-electron chi connectivity index (χ1n) is 7.60. The molecule has 0 radical (unpaired) electrons. The molecule has 5 nitrogen and oxygen atoms in total. The van der Waals surface area contributed by atoms with Gasteiger partial charge in [-0.2, -0.15) is 0 Å². The maximum Gasteiger partial charge on any atom is 0.318 e. The smallest absolute Gasteiger partial charge is 0.318 e. The minimum absolute atomic E-state index is 0.0868. The van der Waals surface area contributed by atoms with Gasteiger partial charge in [0.2, 0.25) is 0 Å². The molecule has 0 aromatic heterocycles. The van der Waals surface area contributed by atoms with E-state index in [-0.39, 0.29) is 18.1 Å². The van der Waals surface area contributed by atoms with Crippen LogP contribution < -0.4 is 0 Å². The maximum atomic E-state index is 12.3. The van der Waals surface area contributed by atoms with Crippen LogP contribution in [0, 0.1) is 0 Å². The summed E-state index contributed by atoms with van der Waals surface area (Å²) in [7, 11) is 1.39. The van der Waals surface area contributed by atoms with Gasteiger partial charge in [-0.3, -0.25) is 9.79 Å². The Kier molecular flexibility index (Phi) is 6.74. The number of hydrogen-bond acceptors (Lipinski definition) is 5. The molecule has 2 rings (SSSR count). The van der Waals surface area contributed by atoms with Crippen molar-refractivity contribution in [1.82, 2.24) is 0 Å². The van der Waals surface area contributed by atoms with E-state index in [1.54, 1.807) is 0 Å². The summed E-state index contributed by atoms with van der Waals surface area (Å²) in [5.41, 5.74) is 1.54.